The predicted octanol–water partition coefficient (Wildman–Crippen LogP) is 4.27. The minimum Gasteiger partial charge on any atom is -0.323 e. The van der Waals surface area contributed by atoms with E-state index in [9.17, 15) is 4.79 Å². The fourth-order valence-corrected chi connectivity index (χ4v) is 2.22. The van der Waals surface area contributed by atoms with Crippen LogP contribution in [0.3, 0.4) is 0 Å². The maximum absolute atomic E-state index is 12.5. The van der Waals surface area contributed by atoms with E-state index in [0.29, 0.717) is 22.2 Å². The number of hydrogen-bond acceptors (Lipinski definition) is 1. The van der Waals surface area contributed by atoms with Gasteiger partial charge in [0, 0.05) is 12.1 Å². The van der Waals surface area contributed by atoms with Crippen LogP contribution in [0, 0.1) is 12.3 Å². The zero-order chi connectivity index (χ0) is 15.2. The Morgan fingerprint density at radius 3 is 2.43 bits per heavy atom. The topological polar surface area (TPSA) is 20.3 Å². The van der Waals surface area contributed by atoms with Gasteiger partial charge in [0.25, 0.3) is 5.91 Å². The lowest BCUT2D eigenvalue weighted by Crippen LogP contribution is -2.30. The zero-order valence-electron chi connectivity index (χ0n) is 11.2. The molecule has 0 heterocycles. The third-order valence-corrected chi connectivity index (χ3v) is 3.69. The smallest absolute Gasteiger partial charge is 0.254 e. The number of amides is 1. The zero-order valence-corrected chi connectivity index (χ0v) is 12.7. The molecule has 0 aromatic heterocycles. The molecule has 0 spiro atoms. The van der Waals surface area contributed by atoms with Crippen LogP contribution in [-0.4, -0.2) is 17.4 Å². The van der Waals surface area contributed by atoms with Crippen molar-refractivity contribution in [1.29, 1.82) is 0 Å². The summed E-state index contributed by atoms with van der Waals surface area (Å²) in [4.78, 5) is 14.1. The highest BCUT2D eigenvalue weighted by Crippen LogP contribution is 2.23. The molecule has 0 aliphatic heterocycles. The van der Waals surface area contributed by atoms with E-state index in [2.05, 4.69) is 5.92 Å². The Labute approximate surface area is 134 Å². The lowest BCUT2D eigenvalue weighted by atomic mass is 10.1. The molecule has 1 amide bonds. The summed E-state index contributed by atoms with van der Waals surface area (Å²) in [6.45, 7) is 0.679. The summed E-state index contributed by atoms with van der Waals surface area (Å²) < 4.78 is 0. The summed E-state index contributed by atoms with van der Waals surface area (Å²) in [5.41, 5.74) is 1.48. The summed E-state index contributed by atoms with van der Waals surface area (Å²) in [6, 6.07) is 14.5. The van der Waals surface area contributed by atoms with E-state index in [1.807, 2.05) is 30.3 Å². The Morgan fingerprint density at radius 2 is 1.81 bits per heavy atom. The van der Waals surface area contributed by atoms with E-state index in [-0.39, 0.29) is 12.5 Å². The molecule has 21 heavy (non-hydrogen) atoms. The van der Waals surface area contributed by atoms with Gasteiger partial charge in [0.05, 0.1) is 16.6 Å². The van der Waals surface area contributed by atoms with Gasteiger partial charge < -0.3 is 4.90 Å². The minimum absolute atomic E-state index is 0.171. The number of carbonyl (C=O) groups is 1. The maximum atomic E-state index is 12.5. The summed E-state index contributed by atoms with van der Waals surface area (Å²) in [5, 5.41) is 0.766. The molecular weight excluding hydrogens is 305 g/mol. The van der Waals surface area contributed by atoms with E-state index in [1.165, 1.54) is 0 Å². The molecule has 106 valence electrons. The van der Waals surface area contributed by atoms with Gasteiger partial charge in [-0.05, 0) is 23.8 Å². The molecular formula is C17H13Cl2NO. The van der Waals surface area contributed by atoms with Crippen molar-refractivity contribution in [3.63, 3.8) is 0 Å². The van der Waals surface area contributed by atoms with Crippen LogP contribution in [0.2, 0.25) is 10.0 Å². The number of terminal acetylenes is 1. The molecule has 0 N–H and O–H groups in total. The molecule has 0 aliphatic carbocycles. The molecule has 2 aromatic rings. The third kappa shape index (κ3) is 4.01. The van der Waals surface area contributed by atoms with Crippen molar-refractivity contribution >= 4 is 29.1 Å². The predicted molar refractivity (Wildman–Crippen MR) is 86.5 cm³/mol. The van der Waals surface area contributed by atoms with Crippen LogP contribution >= 0.6 is 23.2 Å². The molecule has 0 atom stereocenters. The standard InChI is InChI=1S/C17H13Cl2NO/c1-2-10-20(12-13-6-4-3-5-7-13)17(21)14-8-9-15(18)16(19)11-14/h1,3-9,11H,10,12H2. The van der Waals surface area contributed by atoms with Gasteiger partial charge >= 0.3 is 0 Å². The first-order valence-corrected chi connectivity index (χ1v) is 7.09. The lowest BCUT2D eigenvalue weighted by Gasteiger charge is -2.20. The van der Waals surface area contributed by atoms with Crippen molar-refractivity contribution in [3.8, 4) is 12.3 Å². The van der Waals surface area contributed by atoms with Gasteiger partial charge in [0.1, 0.15) is 0 Å². The Balaban J connectivity index is 2.23. The van der Waals surface area contributed by atoms with Crippen molar-refractivity contribution in [2.45, 2.75) is 6.54 Å². The second-order valence-corrected chi connectivity index (χ2v) is 5.29. The van der Waals surface area contributed by atoms with Gasteiger partial charge in [-0.15, -0.1) is 6.42 Å². The maximum Gasteiger partial charge on any atom is 0.254 e. The average Bonchev–Trinajstić information content (AvgIpc) is 2.50. The second-order valence-electron chi connectivity index (χ2n) is 4.48. The van der Waals surface area contributed by atoms with Crippen LogP contribution in [0.15, 0.2) is 48.5 Å². The molecule has 0 unspecified atom stereocenters. The fraction of sp³-hybridized carbons (Fsp3) is 0.118. The molecule has 2 nitrogen and oxygen atoms in total. The van der Waals surface area contributed by atoms with Crippen molar-refractivity contribution in [2.75, 3.05) is 6.54 Å². The Bertz CT molecular complexity index is 677. The van der Waals surface area contributed by atoms with Gasteiger partial charge in [0.15, 0.2) is 0 Å². The summed E-state index contributed by atoms with van der Waals surface area (Å²) in [6.07, 6.45) is 5.36. The van der Waals surface area contributed by atoms with Gasteiger partial charge in [-0.25, -0.2) is 0 Å². The van der Waals surface area contributed by atoms with Crippen molar-refractivity contribution < 1.29 is 4.79 Å². The Kier molecular flexibility index (Phi) is 5.27. The largest absolute Gasteiger partial charge is 0.323 e. The summed E-state index contributed by atoms with van der Waals surface area (Å²) in [7, 11) is 0. The Hall–Kier alpha value is -1.95. The first kappa shape index (κ1) is 15.4. The van der Waals surface area contributed by atoms with E-state index in [1.54, 1.807) is 23.1 Å². The first-order chi connectivity index (χ1) is 10.1. The average molecular weight is 318 g/mol. The molecule has 0 radical (unpaired) electrons. The molecule has 2 aromatic carbocycles. The quantitative estimate of drug-likeness (QED) is 0.771. The van der Waals surface area contributed by atoms with Crippen LogP contribution in [0.1, 0.15) is 15.9 Å². The van der Waals surface area contributed by atoms with Crippen LogP contribution in [0.25, 0.3) is 0 Å². The Morgan fingerprint density at radius 1 is 1.10 bits per heavy atom. The number of hydrogen-bond donors (Lipinski definition) is 0. The van der Waals surface area contributed by atoms with Crippen LogP contribution < -0.4 is 0 Å². The summed E-state index contributed by atoms with van der Waals surface area (Å²) >= 11 is 11.8. The number of benzene rings is 2. The lowest BCUT2D eigenvalue weighted by molar-refractivity contribution is 0.0766. The van der Waals surface area contributed by atoms with E-state index < -0.39 is 0 Å². The van der Waals surface area contributed by atoms with Crippen LogP contribution in [0.4, 0.5) is 0 Å². The molecule has 0 saturated heterocycles. The molecule has 4 heteroatoms. The third-order valence-electron chi connectivity index (χ3n) is 2.95. The van der Waals surface area contributed by atoms with Crippen LogP contribution in [0.5, 0.6) is 0 Å². The van der Waals surface area contributed by atoms with Gasteiger partial charge in [0.2, 0.25) is 0 Å². The molecule has 0 saturated carbocycles. The van der Waals surface area contributed by atoms with Gasteiger partial charge in [-0.3, -0.25) is 4.79 Å². The van der Waals surface area contributed by atoms with Gasteiger partial charge in [-0.1, -0.05) is 59.5 Å². The highest BCUT2D eigenvalue weighted by Gasteiger charge is 2.16. The highest BCUT2D eigenvalue weighted by atomic mass is 35.5. The molecule has 0 bridgehead atoms. The normalized spacial score (nSPS) is 9.95. The second kappa shape index (κ2) is 7.17. The number of nitrogens with zero attached hydrogens (tertiary/aromatic N) is 1. The van der Waals surface area contributed by atoms with E-state index in [0.717, 1.165) is 5.56 Å². The van der Waals surface area contributed by atoms with Crippen molar-refractivity contribution in [3.05, 3.63) is 69.7 Å². The number of carbonyl (C=O) groups excluding carboxylic acids is 1. The highest BCUT2D eigenvalue weighted by molar-refractivity contribution is 6.42. The minimum atomic E-state index is -0.171. The number of rotatable bonds is 4. The van der Waals surface area contributed by atoms with Gasteiger partial charge in [-0.2, -0.15) is 0 Å². The molecule has 0 aliphatic rings. The fourth-order valence-electron chi connectivity index (χ4n) is 1.93. The SMILES string of the molecule is C#CCN(Cc1ccccc1)C(=O)c1ccc(Cl)c(Cl)c1. The monoisotopic (exact) mass is 317 g/mol. The van der Waals surface area contributed by atoms with Crippen molar-refractivity contribution in [1.82, 2.24) is 4.90 Å². The molecule has 0 fully saturated rings. The molecule has 2 rings (SSSR count). The van der Waals surface area contributed by atoms with Crippen molar-refractivity contribution in [2.24, 2.45) is 0 Å². The van der Waals surface area contributed by atoms with E-state index in [4.69, 9.17) is 29.6 Å². The number of halogens is 2. The summed E-state index contributed by atoms with van der Waals surface area (Å²) in [5.74, 6) is 2.34. The van der Waals surface area contributed by atoms with Crippen LogP contribution in [-0.2, 0) is 6.54 Å². The van der Waals surface area contributed by atoms with E-state index >= 15 is 0 Å². The first-order valence-electron chi connectivity index (χ1n) is 6.33.